The maximum atomic E-state index is 12.5. The molecule has 0 aliphatic heterocycles. The predicted octanol–water partition coefficient (Wildman–Crippen LogP) is 4.39. The quantitative estimate of drug-likeness (QED) is 0.730. The van der Waals surface area contributed by atoms with E-state index in [9.17, 15) is 9.59 Å². The molecular formula is C21H22N2O2. The van der Waals surface area contributed by atoms with Crippen LogP contribution in [0.4, 0.5) is 5.69 Å². The average Bonchev–Trinajstić information content (AvgIpc) is 2.54. The number of aromatic nitrogens is 1. The molecule has 1 aromatic heterocycles. The number of aryl methyl sites for hydroxylation is 1. The number of benzene rings is 2. The molecule has 0 saturated carbocycles. The molecule has 4 heteroatoms. The van der Waals surface area contributed by atoms with Gasteiger partial charge in [-0.05, 0) is 48.2 Å². The van der Waals surface area contributed by atoms with Gasteiger partial charge in [0.1, 0.15) is 0 Å². The Morgan fingerprint density at radius 1 is 1.00 bits per heavy atom. The van der Waals surface area contributed by atoms with E-state index in [0.29, 0.717) is 16.6 Å². The van der Waals surface area contributed by atoms with Crippen molar-refractivity contribution in [1.82, 2.24) is 4.98 Å². The predicted molar refractivity (Wildman–Crippen MR) is 102 cm³/mol. The Bertz CT molecular complexity index is 993. The minimum absolute atomic E-state index is 0.0481. The van der Waals surface area contributed by atoms with Crippen molar-refractivity contribution in [3.8, 4) is 0 Å². The van der Waals surface area contributed by atoms with Crippen molar-refractivity contribution in [2.45, 2.75) is 33.1 Å². The largest absolute Gasteiger partial charge is 0.358 e. The Morgan fingerprint density at radius 2 is 1.68 bits per heavy atom. The molecule has 3 rings (SSSR count). The van der Waals surface area contributed by atoms with E-state index in [1.807, 2.05) is 37.3 Å². The Hall–Kier alpha value is -2.88. The molecule has 25 heavy (non-hydrogen) atoms. The molecule has 0 spiro atoms. The van der Waals surface area contributed by atoms with E-state index in [2.05, 4.69) is 31.1 Å². The third-order valence-electron chi connectivity index (χ3n) is 4.24. The van der Waals surface area contributed by atoms with Gasteiger partial charge in [-0.15, -0.1) is 0 Å². The van der Waals surface area contributed by atoms with Gasteiger partial charge in [-0.2, -0.15) is 0 Å². The van der Waals surface area contributed by atoms with Crippen LogP contribution < -0.4 is 10.7 Å². The standard InChI is InChI=1S/C21H22N2O2/c1-13-11-19(24)17-12-16(9-10-18(17)22-13)23-20(25)14-5-7-15(8-6-14)21(2,3)4/h5-12H,1-4H3,(H,22,24)(H,23,25). The smallest absolute Gasteiger partial charge is 0.255 e. The van der Waals surface area contributed by atoms with Crippen LogP contribution in [0.15, 0.2) is 53.3 Å². The summed E-state index contributed by atoms with van der Waals surface area (Å²) >= 11 is 0. The summed E-state index contributed by atoms with van der Waals surface area (Å²) in [6, 6.07) is 14.5. The fraction of sp³-hybridized carbons (Fsp3) is 0.238. The van der Waals surface area contributed by atoms with E-state index in [1.165, 1.54) is 5.56 Å². The second-order valence-corrected chi connectivity index (χ2v) is 7.36. The molecule has 3 aromatic rings. The lowest BCUT2D eigenvalue weighted by Crippen LogP contribution is -2.14. The van der Waals surface area contributed by atoms with Crippen LogP contribution in [0.3, 0.4) is 0 Å². The number of aromatic amines is 1. The fourth-order valence-corrected chi connectivity index (χ4v) is 2.78. The van der Waals surface area contributed by atoms with Gasteiger partial charge in [-0.25, -0.2) is 0 Å². The van der Waals surface area contributed by atoms with Gasteiger partial charge in [0.05, 0.1) is 0 Å². The van der Waals surface area contributed by atoms with E-state index in [4.69, 9.17) is 0 Å². The van der Waals surface area contributed by atoms with Crippen molar-refractivity contribution in [3.05, 3.63) is 75.6 Å². The van der Waals surface area contributed by atoms with Crippen LogP contribution in [-0.2, 0) is 5.41 Å². The minimum Gasteiger partial charge on any atom is -0.358 e. The number of fused-ring (bicyclic) bond motifs is 1. The molecule has 128 valence electrons. The van der Waals surface area contributed by atoms with Crippen molar-refractivity contribution in [3.63, 3.8) is 0 Å². The first-order valence-corrected chi connectivity index (χ1v) is 8.29. The Morgan fingerprint density at radius 3 is 2.32 bits per heavy atom. The number of amides is 1. The number of hydrogen-bond acceptors (Lipinski definition) is 2. The van der Waals surface area contributed by atoms with Gasteiger partial charge in [0, 0.05) is 33.9 Å². The van der Waals surface area contributed by atoms with Crippen LogP contribution in [0.2, 0.25) is 0 Å². The number of nitrogens with one attached hydrogen (secondary N) is 2. The van der Waals surface area contributed by atoms with Gasteiger partial charge in [-0.1, -0.05) is 32.9 Å². The summed E-state index contributed by atoms with van der Waals surface area (Å²) in [5.41, 5.74) is 3.93. The second kappa shape index (κ2) is 6.20. The Kier molecular flexibility index (Phi) is 4.21. The third-order valence-corrected chi connectivity index (χ3v) is 4.24. The summed E-state index contributed by atoms with van der Waals surface area (Å²) in [4.78, 5) is 27.7. The highest BCUT2D eigenvalue weighted by atomic mass is 16.1. The minimum atomic E-state index is -0.191. The van der Waals surface area contributed by atoms with Crippen LogP contribution in [0.1, 0.15) is 42.4 Å². The lowest BCUT2D eigenvalue weighted by Gasteiger charge is -2.19. The summed E-state index contributed by atoms with van der Waals surface area (Å²) in [6.45, 7) is 8.25. The maximum absolute atomic E-state index is 12.5. The summed E-state index contributed by atoms with van der Waals surface area (Å²) in [5, 5.41) is 3.42. The molecule has 0 atom stereocenters. The first-order chi connectivity index (χ1) is 11.7. The zero-order valence-electron chi connectivity index (χ0n) is 14.9. The third kappa shape index (κ3) is 3.63. The molecule has 0 fully saturated rings. The number of H-pyrrole nitrogens is 1. The topological polar surface area (TPSA) is 62.0 Å². The van der Waals surface area contributed by atoms with Crippen molar-refractivity contribution in [1.29, 1.82) is 0 Å². The summed E-state index contributed by atoms with van der Waals surface area (Å²) in [5.74, 6) is -0.191. The number of rotatable bonds is 2. The van der Waals surface area contributed by atoms with E-state index < -0.39 is 0 Å². The Labute approximate surface area is 146 Å². The number of hydrogen-bond donors (Lipinski definition) is 2. The number of carbonyl (C=O) groups is 1. The van der Waals surface area contributed by atoms with Gasteiger partial charge >= 0.3 is 0 Å². The zero-order chi connectivity index (χ0) is 18.2. The fourth-order valence-electron chi connectivity index (χ4n) is 2.78. The lowest BCUT2D eigenvalue weighted by atomic mass is 9.87. The summed E-state index contributed by atoms with van der Waals surface area (Å²) in [7, 11) is 0. The first-order valence-electron chi connectivity index (χ1n) is 8.29. The van der Waals surface area contributed by atoms with Crippen LogP contribution in [-0.4, -0.2) is 10.9 Å². The monoisotopic (exact) mass is 334 g/mol. The van der Waals surface area contributed by atoms with Gasteiger partial charge < -0.3 is 10.3 Å². The highest BCUT2D eigenvalue weighted by Gasteiger charge is 2.14. The normalized spacial score (nSPS) is 11.5. The van der Waals surface area contributed by atoms with E-state index in [-0.39, 0.29) is 16.8 Å². The molecule has 0 saturated heterocycles. The van der Waals surface area contributed by atoms with Gasteiger partial charge in [0.25, 0.3) is 5.91 Å². The lowest BCUT2D eigenvalue weighted by molar-refractivity contribution is 0.102. The van der Waals surface area contributed by atoms with Crippen molar-refractivity contribution in [2.24, 2.45) is 0 Å². The van der Waals surface area contributed by atoms with Crippen LogP contribution in [0.5, 0.6) is 0 Å². The molecule has 1 amide bonds. The molecule has 0 aliphatic carbocycles. The summed E-state index contributed by atoms with van der Waals surface area (Å²) < 4.78 is 0. The van der Waals surface area contributed by atoms with E-state index in [1.54, 1.807) is 18.2 Å². The van der Waals surface area contributed by atoms with E-state index >= 15 is 0 Å². The molecule has 4 nitrogen and oxygen atoms in total. The number of anilines is 1. The summed E-state index contributed by atoms with van der Waals surface area (Å²) in [6.07, 6.45) is 0. The highest BCUT2D eigenvalue weighted by Crippen LogP contribution is 2.22. The molecule has 0 aliphatic rings. The maximum Gasteiger partial charge on any atom is 0.255 e. The molecule has 2 N–H and O–H groups in total. The molecule has 2 aromatic carbocycles. The molecule has 0 radical (unpaired) electrons. The average molecular weight is 334 g/mol. The van der Waals surface area contributed by atoms with E-state index in [0.717, 1.165) is 11.2 Å². The number of pyridine rings is 1. The first kappa shape index (κ1) is 17.0. The van der Waals surface area contributed by atoms with Crippen LogP contribution >= 0.6 is 0 Å². The van der Waals surface area contributed by atoms with Crippen molar-refractivity contribution in [2.75, 3.05) is 5.32 Å². The van der Waals surface area contributed by atoms with Crippen molar-refractivity contribution < 1.29 is 4.79 Å². The SMILES string of the molecule is Cc1cc(=O)c2cc(NC(=O)c3ccc(C(C)(C)C)cc3)ccc2[nH]1. The number of carbonyl (C=O) groups excluding carboxylic acids is 1. The van der Waals surface area contributed by atoms with Gasteiger partial charge in [-0.3, -0.25) is 9.59 Å². The molecule has 0 bridgehead atoms. The Balaban J connectivity index is 1.85. The zero-order valence-corrected chi connectivity index (χ0v) is 14.9. The van der Waals surface area contributed by atoms with Crippen LogP contribution in [0.25, 0.3) is 10.9 Å². The second-order valence-electron chi connectivity index (χ2n) is 7.36. The molecule has 0 unspecified atom stereocenters. The molecule has 1 heterocycles. The van der Waals surface area contributed by atoms with Crippen molar-refractivity contribution >= 4 is 22.5 Å². The highest BCUT2D eigenvalue weighted by molar-refractivity contribution is 6.05. The molecular weight excluding hydrogens is 312 g/mol. The van der Waals surface area contributed by atoms with Crippen LogP contribution in [0, 0.1) is 6.92 Å². The van der Waals surface area contributed by atoms with Gasteiger partial charge in [0.15, 0.2) is 5.43 Å². The van der Waals surface area contributed by atoms with Gasteiger partial charge in [0.2, 0.25) is 0 Å².